The maximum absolute atomic E-state index is 13.2. The molecule has 88 valence electrons. The number of carbonyl (C=O) groups excluding carboxylic acids is 1. The quantitative estimate of drug-likeness (QED) is 0.770. The Morgan fingerprint density at radius 1 is 1.50 bits per heavy atom. The third-order valence-electron chi connectivity index (χ3n) is 1.49. The molecule has 16 heavy (non-hydrogen) atoms. The van der Waals surface area contributed by atoms with Crippen LogP contribution in [0.5, 0.6) is 0 Å². The summed E-state index contributed by atoms with van der Waals surface area (Å²) >= 11 is 0. The Morgan fingerprint density at radius 3 is 2.69 bits per heavy atom. The molecular weight excluding hydrogens is 213 g/mol. The van der Waals surface area contributed by atoms with E-state index in [0.29, 0.717) is 0 Å². The second kappa shape index (κ2) is 4.34. The predicted octanol–water partition coefficient (Wildman–Crippen LogP) is 2.15. The van der Waals surface area contributed by atoms with Crippen LogP contribution in [0.3, 0.4) is 0 Å². The topological polar surface area (TPSA) is 77.2 Å². The van der Waals surface area contributed by atoms with E-state index < -0.39 is 17.5 Å². The first-order valence-corrected chi connectivity index (χ1v) is 4.70. The maximum Gasteiger partial charge on any atom is 0.413 e. The van der Waals surface area contributed by atoms with Gasteiger partial charge in [-0.1, -0.05) is 0 Å². The number of hydrogen-bond acceptors (Lipinski definition) is 4. The summed E-state index contributed by atoms with van der Waals surface area (Å²) in [6.07, 6.45) is -0.774. The van der Waals surface area contributed by atoms with Crippen LogP contribution >= 0.6 is 0 Å². The first kappa shape index (κ1) is 12.2. The van der Waals surface area contributed by atoms with Gasteiger partial charge in [-0.3, -0.25) is 5.32 Å². The summed E-state index contributed by atoms with van der Waals surface area (Å²) in [5, 5.41) is 2.18. The first-order valence-electron chi connectivity index (χ1n) is 4.70. The molecule has 1 aromatic rings. The Morgan fingerprint density at radius 2 is 2.12 bits per heavy atom. The summed E-state index contributed by atoms with van der Waals surface area (Å²) in [4.78, 5) is 14.9. The fraction of sp³-hybridized carbons (Fsp3) is 0.400. The minimum absolute atomic E-state index is 0.118. The minimum atomic E-state index is -0.774. The van der Waals surface area contributed by atoms with Gasteiger partial charge in [-0.25, -0.2) is 14.2 Å². The number of ether oxygens (including phenoxy) is 1. The molecule has 0 saturated heterocycles. The lowest BCUT2D eigenvalue weighted by molar-refractivity contribution is 0.0634. The largest absolute Gasteiger partial charge is 0.444 e. The van der Waals surface area contributed by atoms with Crippen LogP contribution < -0.4 is 11.1 Å². The molecule has 1 aromatic heterocycles. The number of carbonyl (C=O) groups is 1. The highest BCUT2D eigenvalue weighted by atomic mass is 19.1. The van der Waals surface area contributed by atoms with Crippen LogP contribution in [-0.4, -0.2) is 16.7 Å². The molecule has 0 fully saturated rings. The zero-order valence-electron chi connectivity index (χ0n) is 9.37. The van der Waals surface area contributed by atoms with Gasteiger partial charge in [0.25, 0.3) is 0 Å². The Kier molecular flexibility index (Phi) is 3.31. The zero-order valence-corrected chi connectivity index (χ0v) is 9.37. The average molecular weight is 227 g/mol. The molecule has 1 heterocycles. The number of anilines is 2. The smallest absolute Gasteiger partial charge is 0.413 e. The number of pyridine rings is 1. The van der Waals surface area contributed by atoms with Crippen LogP contribution in [0.25, 0.3) is 0 Å². The van der Waals surface area contributed by atoms with Crippen molar-refractivity contribution in [1.82, 2.24) is 4.98 Å². The summed E-state index contributed by atoms with van der Waals surface area (Å²) in [6.45, 7) is 5.11. The third kappa shape index (κ3) is 3.72. The van der Waals surface area contributed by atoms with Gasteiger partial charge in [0.2, 0.25) is 0 Å². The van der Waals surface area contributed by atoms with E-state index in [1.165, 1.54) is 6.07 Å². The van der Waals surface area contributed by atoms with Crippen LogP contribution in [0.1, 0.15) is 20.8 Å². The molecule has 6 heteroatoms. The Balaban J connectivity index is 2.73. The monoisotopic (exact) mass is 227 g/mol. The van der Waals surface area contributed by atoms with Crippen molar-refractivity contribution in [3.8, 4) is 0 Å². The van der Waals surface area contributed by atoms with Crippen LogP contribution in [0.4, 0.5) is 20.8 Å². The summed E-state index contributed by atoms with van der Waals surface area (Å²) in [5.41, 5.74) is 4.71. The third-order valence-corrected chi connectivity index (χ3v) is 1.49. The van der Waals surface area contributed by atoms with Gasteiger partial charge in [-0.05, 0) is 32.9 Å². The molecule has 0 aliphatic carbocycles. The maximum atomic E-state index is 13.2. The molecule has 0 aliphatic rings. The van der Waals surface area contributed by atoms with E-state index in [0.717, 1.165) is 6.07 Å². The summed E-state index contributed by atoms with van der Waals surface area (Å²) in [6, 6.07) is 2.42. The highest BCUT2D eigenvalue weighted by Crippen LogP contribution is 2.14. The molecule has 0 aliphatic heterocycles. The number of nitrogens with zero attached hydrogens (tertiary/aromatic N) is 1. The van der Waals surface area contributed by atoms with Gasteiger partial charge >= 0.3 is 6.09 Å². The van der Waals surface area contributed by atoms with Crippen molar-refractivity contribution in [3.05, 3.63) is 17.9 Å². The molecule has 0 atom stereocenters. The number of amides is 1. The molecule has 0 unspecified atom stereocenters. The molecule has 1 rings (SSSR count). The fourth-order valence-corrected chi connectivity index (χ4v) is 0.945. The zero-order chi connectivity index (χ0) is 12.3. The van der Waals surface area contributed by atoms with E-state index in [2.05, 4.69) is 10.3 Å². The Hall–Kier alpha value is -1.85. The summed E-state index contributed by atoms with van der Waals surface area (Å²) in [5.74, 6) is -0.790. The average Bonchev–Trinajstić information content (AvgIpc) is 2.08. The molecular formula is C10H14FN3O2. The highest BCUT2D eigenvalue weighted by molar-refractivity contribution is 5.83. The van der Waals surface area contributed by atoms with Gasteiger partial charge in [0.15, 0.2) is 11.6 Å². The minimum Gasteiger partial charge on any atom is -0.444 e. The predicted molar refractivity (Wildman–Crippen MR) is 58.5 cm³/mol. The number of aromatic nitrogens is 1. The molecule has 0 aromatic carbocycles. The molecule has 0 spiro atoms. The van der Waals surface area contributed by atoms with Crippen molar-refractivity contribution in [3.63, 3.8) is 0 Å². The second-order valence-electron chi connectivity index (χ2n) is 4.19. The van der Waals surface area contributed by atoms with Gasteiger partial charge < -0.3 is 10.5 Å². The van der Waals surface area contributed by atoms with Crippen molar-refractivity contribution in [2.24, 2.45) is 0 Å². The van der Waals surface area contributed by atoms with Crippen molar-refractivity contribution in [2.75, 3.05) is 11.1 Å². The van der Waals surface area contributed by atoms with Crippen molar-refractivity contribution < 1.29 is 13.9 Å². The Bertz CT molecular complexity index is 402. The van der Waals surface area contributed by atoms with Gasteiger partial charge in [0.1, 0.15) is 11.4 Å². The van der Waals surface area contributed by atoms with Crippen molar-refractivity contribution >= 4 is 17.7 Å². The number of nitrogens with two attached hydrogens (primary N) is 1. The van der Waals surface area contributed by atoms with E-state index in [9.17, 15) is 9.18 Å². The lowest BCUT2D eigenvalue weighted by Gasteiger charge is -2.19. The molecule has 1 amide bonds. The highest BCUT2D eigenvalue weighted by Gasteiger charge is 2.17. The molecule has 0 radical (unpaired) electrons. The van der Waals surface area contributed by atoms with Gasteiger partial charge in [-0.15, -0.1) is 0 Å². The summed E-state index contributed by atoms with van der Waals surface area (Å²) in [7, 11) is 0. The van der Waals surface area contributed by atoms with Gasteiger partial charge in [-0.2, -0.15) is 0 Å². The van der Waals surface area contributed by atoms with Crippen molar-refractivity contribution in [1.29, 1.82) is 0 Å². The van der Waals surface area contributed by atoms with E-state index in [-0.39, 0.29) is 11.6 Å². The first-order chi connectivity index (χ1) is 7.28. The van der Waals surface area contributed by atoms with Crippen LogP contribution in [-0.2, 0) is 4.74 Å². The van der Waals surface area contributed by atoms with Crippen LogP contribution in [0, 0.1) is 5.82 Å². The number of rotatable bonds is 1. The number of nitrogen functional groups attached to an aromatic ring is 1. The number of nitrogens with one attached hydrogen (secondary N) is 1. The van der Waals surface area contributed by atoms with E-state index in [4.69, 9.17) is 10.5 Å². The summed E-state index contributed by atoms with van der Waals surface area (Å²) < 4.78 is 18.1. The lowest BCUT2D eigenvalue weighted by atomic mass is 10.2. The van der Waals surface area contributed by atoms with Crippen LogP contribution in [0.15, 0.2) is 12.1 Å². The molecule has 0 bridgehead atoms. The number of hydrogen-bond donors (Lipinski definition) is 2. The van der Waals surface area contributed by atoms with E-state index in [1.807, 2.05) is 0 Å². The Labute approximate surface area is 92.8 Å². The van der Waals surface area contributed by atoms with E-state index >= 15 is 0 Å². The van der Waals surface area contributed by atoms with Gasteiger partial charge in [0.05, 0.1) is 0 Å². The standard InChI is InChI=1S/C10H14FN3O2/c1-10(2,3)16-9(15)14-8-6(11)4-5-7(12)13-8/h4-5H,1-3H3,(H3,12,13,14,15). The molecule has 3 N–H and O–H groups in total. The SMILES string of the molecule is CC(C)(C)OC(=O)Nc1nc(N)ccc1F. The molecule has 0 saturated carbocycles. The van der Waals surface area contributed by atoms with Gasteiger partial charge in [0, 0.05) is 0 Å². The lowest BCUT2D eigenvalue weighted by Crippen LogP contribution is -2.27. The molecule has 5 nitrogen and oxygen atoms in total. The normalized spacial score (nSPS) is 11.0. The van der Waals surface area contributed by atoms with Crippen molar-refractivity contribution in [2.45, 2.75) is 26.4 Å². The fourth-order valence-electron chi connectivity index (χ4n) is 0.945. The second-order valence-corrected chi connectivity index (χ2v) is 4.19. The van der Waals surface area contributed by atoms with Crippen LogP contribution in [0.2, 0.25) is 0 Å². The number of halogens is 1. The van der Waals surface area contributed by atoms with E-state index in [1.54, 1.807) is 20.8 Å².